The highest BCUT2D eigenvalue weighted by atomic mass is 16.6. The first kappa shape index (κ1) is 36.1. The number of ether oxygens (including phenoxy) is 3. The van der Waals surface area contributed by atoms with Crippen LogP contribution in [0, 0.1) is 11.8 Å². The molecule has 4 heterocycles. The molecule has 3 aromatic rings. The Morgan fingerprint density at radius 1 is 0.925 bits per heavy atom. The van der Waals surface area contributed by atoms with Gasteiger partial charge in [-0.2, -0.15) is 0 Å². The van der Waals surface area contributed by atoms with Crippen molar-refractivity contribution in [2.45, 2.75) is 62.1 Å². The van der Waals surface area contributed by atoms with Crippen LogP contribution in [0.25, 0.3) is 0 Å². The average Bonchev–Trinajstić information content (AvgIpc) is 3.84. The minimum Gasteiger partial charge on any atom is -0.497 e. The third-order valence-corrected chi connectivity index (χ3v) is 11.2. The molecule has 4 aliphatic heterocycles. The zero-order chi connectivity index (χ0) is 37.3. The highest BCUT2D eigenvalue weighted by Gasteiger charge is 2.74. The number of esters is 1. The van der Waals surface area contributed by atoms with Crippen molar-refractivity contribution in [3.63, 3.8) is 0 Å². The molecule has 7 rings (SSSR count). The molecule has 4 aliphatic rings. The van der Waals surface area contributed by atoms with Gasteiger partial charge in [-0.3, -0.25) is 19.2 Å². The normalized spacial score (nSPS) is 30.0. The number of cyclic esters (lactones) is 1. The summed E-state index contributed by atoms with van der Waals surface area (Å²) in [6.07, 6.45) is 6.42. The topological polar surface area (TPSA) is 126 Å². The minimum atomic E-state index is -1.50. The first-order chi connectivity index (χ1) is 25.7. The van der Waals surface area contributed by atoms with Crippen LogP contribution in [0.1, 0.15) is 37.0 Å². The fraction of sp³-hybridized carbons (Fsp3) is 0.381. The molecule has 0 unspecified atom stereocenters. The number of hydrogen-bond acceptors (Lipinski definition) is 8. The fourth-order valence-corrected chi connectivity index (χ4v) is 8.32. The number of aliphatic hydroxyl groups is 1. The maximum Gasteiger partial charge on any atom is 0.313 e. The van der Waals surface area contributed by atoms with Gasteiger partial charge in [-0.25, -0.2) is 0 Å². The van der Waals surface area contributed by atoms with Crippen LogP contribution < -0.4 is 9.64 Å². The van der Waals surface area contributed by atoms with E-state index in [4.69, 9.17) is 14.2 Å². The zero-order valence-corrected chi connectivity index (χ0v) is 30.1. The summed E-state index contributed by atoms with van der Waals surface area (Å²) in [4.78, 5) is 62.9. The van der Waals surface area contributed by atoms with Crippen molar-refractivity contribution in [3.05, 3.63) is 120 Å². The SMILES string of the molecule is COc1ccc(N2C/C=C\CCC(=O)N(C)[C@H](C)[C@@H](c3ccccc3)OC(=O)[C@@H]3[C@@H]4C=C[C@]5(O4)[C@H](C2=O)N([C@@H](CO)Cc2ccccc2)C(=O)[C@@H]35)cc1. The predicted molar refractivity (Wildman–Crippen MR) is 197 cm³/mol. The number of aliphatic hydroxyl groups excluding tert-OH is 1. The van der Waals surface area contributed by atoms with Gasteiger partial charge in [0.05, 0.1) is 37.8 Å². The van der Waals surface area contributed by atoms with Crippen LogP contribution in [0.3, 0.4) is 0 Å². The summed E-state index contributed by atoms with van der Waals surface area (Å²) >= 11 is 0. The van der Waals surface area contributed by atoms with Crippen LogP contribution >= 0.6 is 0 Å². The maximum atomic E-state index is 15.3. The number of allylic oxidation sites excluding steroid dienone is 1. The number of nitrogens with zero attached hydrogens (tertiary/aromatic N) is 3. The molecule has 1 N–H and O–H groups in total. The summed E-state index contributed by atoms with van der Waals surface area (Å²) in [6.45, 7) is 1.54. The second kappa shape index (κ2) is 15.0. The van der Waals surface area contributed by atoms with Crippen molar-refractivity contribution in [1.82, 2.24) is 9.80 Å². The monoisotopic (exact) mass is 719 g/mol. The Morgan fingerprint density at radius 2 is 1.62 bits per heavy atom. The first-order valence-corrected chi connectivity index (χ1v) is 18.1. The minimum absolute atomic E-state index is 0.127. The Hall–Kier alpha value is -5.26. The number of likely N-dealkylation sites (tertiary alicyclic amines) is 1. The van der Waals surface area contributed by atoms with Crippen molar-refractivity contribution >= 4 is 29.4 Å². The standard InChI is InChI=1S/C42H45N3O8/c1-27-37(29-15-9-5-10-16-29)52-41(50)35-33-22-23-42(53-33)36(35)39(48)45(31(26-46)25-28-13-7-4-8-14-28)38(42)40(49)44(30-18-20-32(51-3)21-19-30)24-12-6-11-17-34(47)43(27)2/h4-10,12-16,18-23,27,31,33,35-38,46H,11,17,24-26H2,1-3H3/b12-6-/t27-,31-,33+,35-,36-,37+,38+,42-/m1/s1. The van der Waals surface area contributed by atoms with Gasteiger partial charge in [0, 0.05) is 25.7 Å². The summed E-state index contributed by atoms with van der Waals surface area (Å²) in [6, 6.07) is 23.2. The van der Waals surface area contributed by atoms with Crippen LogP contribution in [0.5, 0.6) is 5.75 Å². The average molecular weight is 720 g/mol. The van der Waals surface area contributed by atoms with Gasteiger partial charge in [-0.05, 0) is 55.2 Å². The molecule has 0 aromatic heterocycles. The molecular formula is C42H45N3O8. The molecule has 0 aliphatic carbocycles. The number of likely N-dealkylation sites (N-methyl/N-ethyl adjacent to an activating group) is 1. The van der Waals surface area contributed by atoms with E-state index in [0.29, 0.717) is 23.4 Å². The van der Waals surface area contributed by atoms with Crippen molar-refractivity contribution in [2.24, 2.45) is 11.8 Å². The van der Waals surface area contributed by atoms with Crippen molar-refractivity contribution < 1.29 is 38.5 Å². The summed E-state index contributed by atoms with van der Waals surface area (Å²) in [5.74, 6) is -3.25. The lowest BCUT2D eigenvalue weighted by Gasteiger charge is -2.39. The van der Waals surface area contributed by atoms with E-state index >= 15 is 4.79 Å². The zero-order valence-electron chi connectivity index (χ0n) is 30.1. The number of fused-ring (bicyclic) bond motifs is 2. The molecular weight excluding hydrogens is 674 g/mol. The molecule has 5 bridgehead atoms. The number of carbonyl (C=O) groups is 4. The van der Waals surface area contributed by atoms with Gasteiger partial charge in [0.2, 0.25) is 11.8 Å². The summed E-state index contributed by atoms with van der Waals surface area (Å²) in [7, 11) is 3.26. The number of hydrogen-bond donors (Lipinski definition) is 1. The molecule has 2 fully saturated rings. The Bertz CT molecular complexity index is 1880. The van der Waals surface area contributed by atoms with Crippen molar-refractivity contribution in [1.29, 1.82) is 0 Å². The Labute approximate surface area is 309 Å². The van der Waals surface area contributed by atoms with Crippen LogP contribution in [0.2, 0.25) is 0 Å². The van der Waals surface area contributed by atoms with Crippen LogP contribution in [-0.2, 0) is 35.1 Å². The summed E-state index contributed by atoms with van der Waals surface area (Å²) in [5, 5.41) is 10.9. The van der Waals surface area contributed by atoms with E-state index in [0.717, 1.165) is 5.56 Å². The Kier molecular flexibility index (Phi) is 10.2. The lowest BCUT2D eigenvalue weighted by Crippen LogP contribution is -2.59. The highest BCUT2D eigenvalue weighted by molar-refractivity contribution is 6.05. The fourth-order valence-electron chi connectivity index (χ4n) is 8.32. The Morgan fingerprint density at radius 3 is 2.30 bits per heavy atom. The number of methoxy groups -OCH3 is 1. The molecule has 11 nitrogen and oxygen atoms in total. The summed E-state index contributed by atoms with van der Waals surface area (Å²) in [5.41, 5.74) is 0.623. The molecule has 1 spiro atoms. The number of amides is 3. The van der Waals surface area contributed by atoms with Crippen molar-refractivity contribution in [3.8, 4) is 5.75 Å². The molecule has 276 valence electrons. The quantitative estimate of drug-likeness (QED) is 0.284. The molecule has 8 atom stereocenters. The molecule has 0 saturated carbocycles. The van der Waals surface area contributed by atoms with E-state index in [1.165, 1.54) is 4.90 Å². The second-order valence-corrected chi connectivity index (χ2v) is 14.1. The molecule has 11 heteroatoms. The number of rotatable bonds is 7. The van der Waals surface area contributed by atoms with Gasteiger partial charge in [0.25, 0.3) is 5.91 Å². The third-order valence-electron chi connectivity index (χ3n) is 11.2. The largest absolute Gasteiger partial charge is 0.497 e. The van der Waals surface area contributed by atoms with Gasteiger partial charge in [0.1, 0.15) is 29.4 Å². The predicted octanol–water partition coefficient (Wildman–Crippen LogP) is 4.26. The molecule has 3 amide bonds. The van der Waals surface area contributed by atoms with E-state index in [1.54, 1.807) is 60.4 Å². The van der Waals surface area contributed by atoms with Crippen LogP contribution in [-0.4, -0.2) is 95.7 Å². The van der Waals surface area contributed by atoms with E-state index in [2.05, 4.69) is 0 Å². The van der Waals surface area contributed by atoms with Crippen molar-refractivity contribution in [2.75, 3.05) is 32.2 Å². The van der Waals surface area contributed by atoms with E-state index in [1.807, 2.05) is 79.7 Å². The van der Waals surface area contributed by atoms with Gasteiger partial charge in [-0.1, -0.05) is 85.0 Å². The summed E-state index contributed by atoms with van der Waals surface area (Å²) < 4.78 is 18.4. The lowest BCUT2D eigenvalue weighted by atomic mass is 9.74. The van der Waals surface area contributed by atoms with E-state index < -0.39 is 72.2 Å². The van der Waals surface area contributed by atoms with Gasteiger partial charge in [0.15, 0.2) is 0 Å². The molecule has 0 radical (unpaired) electrons. The highest BCUT2D eigenvalue weighted by Crippen LogP contribution is 2.56. The third kappa shape index (κ3) is 6.53. The Balaban J connectivity index is 1.35. The second-order valence-electron chi connectivity index (χ2n) is 14.1. The number of benzene rings is 3. The van der Waals surface area contributed by atoms with E-state index in [9.17, 15) is 19.5 Å². The molecule has 3 aromatic carbocycles. The smallest absolute Gasteiger partial charge is 0.313 e. The molecule has 2 saturated heterocycles. The van der Waals surface area contributed by atoms with Gasteiger partial charge < -0.3 is 34.0 Å². The van der Waals surface area contributed by atoms with Gasteiger partial charge >= 0.3 is 5.97 Å². The molecule has 53 heavy (non-hydrogen) atoms. The number of carbonyl (C=O) groups excluding carboxylic acids is 4. The van der Waals surface area contributed by atoms with Crippen LogP contribution in [0.15, 0.2) is 109 Å². The first-order valence-electron chi connectivity index (χ1n) is 18.1. The lowest BCUT2D eigenvalue weighted by molar-refractivity contribution is -0.164. The van der Waals surface area contributed by atoms with E-state index in [-0.39, 0.29) is 25.3 Å². The van der Waals surface area contributed by atoms with Crippen LogP contribution in [0.4, 0.5) is 5.69 Å². The number of anilines is 1. The van der Waals surface area contributed by atoms with Gasteiger partial charge in [-0.15, -0.1) is 0 Å². The maximum absolute atomic E-state index is 15.3.